The average molecular weight is 298 g/mol. The Kier molecular flexibility index (Phi) is 4.55. The Morgan fingerprint density at radius 1 is 1.19 bits per heavy atom. The van der Waals surface area contributed by atoms with Gasteiger partial charge in [-0.15, -0.1) is 0 Å². The number of ether oxygens (including phenoxy) is 1. The summed E-state index contributed by atoms with van der Waals surface area (Å²) < 4.78 is 43.3. The average Bonchev–Trinajstić information content (AvgIpc) is 2.38. The van der Waals surface area contributed by atoms with Crippen LogP contribution >= 0.6 is 0 Å². The lowest BCUT2D eigenvalue weighted by Crippen LogP contribution is -2.46. The summed E-state index contributed by atoms with van der Waals surface area (Å²) in [6, 6.07) is 6.42. The number of halogens is 3. The summed E-state index contributed by atoms with van der Waals surface area (Å²) in [6.45, 7) is 5.01. The van der Waals surface area contributed by atoms with Crippen molar-refractivity contribution < 1.29 is 17.9 Å². The molecule has 0 amide bonds. The predicted molar refractivity (Wildman–Crippen MR) is 71.4 cm³/mol. The van der Waals surface area contributed by atoms with E-state index < -0.39 is 17.8 Å². The highest BCUT2D eigenvalue weighted by atomic mass is 19.4. The Labute approximate surface area is 121 Å². The molecule has 1 aliphatic heterocycles. The van der Waals surface area contributed by atoms with E-state index in [1.54, 1.807) is 0 Å². The molecular weight excluding hydrogens is 281 g/mol. The summed E-state index contributed by atoms with van der Waals surface area (Å²) in [5, 5.41) is 9.38. The van der Waals surface area contributed by atoms with Gasteiger partial charge in [0, 0.05) is 13.1 Å². The first-order valence-corrected chi connectivity index (χ1v) is 6.77. The smallest absolute Gasteiger partial charge is 0.373 e. The Balaban J connectivity index is 2.20. The van der Waals surface area contributed by atoms with Crippen molar-refractivity contribution in [3.63, 3.8) is 0 Å². The molecule has 1 aliphatic rings. The maximum absolute atomic E-state index is 12.6. The largest absolute Gasteiger partial charge is 0.416 e. The van der Waals surface area contributed by atoms with Crippen molar-refractivity contribution >= 4 is 0 Å². The fraction of sp³-hybridized carbons (Fsp3) is 0.533. The molecule has 0 bridgehead atoms. The number of hydrogen-bond donors (Lipinski definition) is 0. The van der Waals surface area contributed by atoms with Crippen molar-refractivity contribution in [1.29, 1.82) is 5.26 Å². The van der Waals surface area contributed by atoms with Crippen LogP contribution in [0.5, 0.6) is 0 Å². The molecule has 0 aromatic heterocycles. The molecule has 0 radical (unpaired) electrons. The van der Waals surface area contributed by atoms with E-state index in [0.717, 1.165) is 12.1 Å². The first-order valence-electron chi connectivity index (χ1n) is 6.77. The normalized spacial score (nSPS) is 25.3. The van der Waals surface area contributed by atoms with Gasteiger partial charge in [0.1, 0.15) is 6.04 Å². The number of morpholine rings is 1. The van der Waals surface area contributed by atoms with Crippen LogP contribution in [0.4, 0.5) is 13.2 Å². The zero-order chi connectivity index (χ0) is 15.6. The predicted octanol–water partition coefficient (Wildman–Crippen LogP) is 3.38. The van der Waals surface area contributed by atoms with Crippen molar-refractivity contribution in [2.75, 3.05) is 13.1 Å². The highest BCUT2D eigenvalue weighted by molar-refractivity contribution is 5.30. The number of rotatable bonds is 2. The first kappa shape index (κ1) is 15.8. The van der Waals surface area contributed by atoms with E-state index >= 15 is 0 Å². The zero-order valence-electron chi connectivity index (χ0n) is 11.9. The van der Waals surface area contributed by atoms with Gasteiger partial charge in [-0.25, -0.2) is 0 Å². The van der Waals surface area contributed by atoms with Crippen LogP contribution in [0.15, 0.2) is 24.3 Å². The van der Waals surface area contributed by atoms with Crippen molar-refractivity contribution in [2.45, 2.75) is 38.3 Å². The molecule has 6 heteroatoms. The lowest BCUT2D eigenvalue weighted by atomic mass is 10.0. The van der Waals surface area contributed by atoms with Gasteiger partial charge >= 0.3 is 6.18 Å². The molecule has 3 nitrogen and oxygen atoms in total. The third-order valence-corrected chi connectivity index (χ3v) is 3.49. The highest BCUT2D eigenvalue weighted by Crippen LogP contribution is 2.31. The maximum atomic E-state index is 12.6. The van der Waals surface area contributed by atoms with Gasteiger partial charge in [-0.3, -0.25) is 4.90 Å². The minimum Gasteiger partial charge on any atom is -0.373 e. The fourth-order valence-corrected chi connectivity index (χ4v) is 2.65. The summed E-state index contributed by atoms with van der Waals surface area (Å²) in [7, 11) is 0. The Morgan fingerprint density at radius 2 is 1.71 bits per heavy atom. The van der Waals surface area contributed by atoms with E-state index in [9.17, 15) is 18.4 Å². The summed E-state index contributed by atoms with van der Waals surface area (Å²) in [4.78, 5) is 1.95. The molecule has 1 fully saturated rings. The fourth-order valence-electron chi connectivity index (χ4n) is 2.65. The standard InChI is InChI=1S/C15H17F3N2O/c1-10-8-20(9-11(2)21-10)14(7-19)12-3-5-13(6-4-12)15(16,17)18/h3-6,10-11,14H,8-9H2,1-2H3. The van der Waals surface area contributed by atoms with Crippen LogP contribution in [0.3, 0.4) is 0 Å². The quantitative estimate of drug-likeness (QED) is 0.840. The molecular formula is C15H17F3N2O. The van der Waals surface area contributed by atoms with Gasteiger partial charge < -0.3 is 4.74 Å². The van der Waals surface area contributed by atoms with Crippen molar-refractivity contribution in [2.24, 2.45) is 0 Å². The van der Waals surface area contributed by atoms with Gasteiger partial charge in [-0.2, -0.15) is 18.4 Å². The zero-order valence-corrected chi connectivity index (χ0v) is 11.9. The maximum Gasteiger partial charge on any atom is 0.416 e. The van der Waals surface area contributed by atoms with Crippen LogP contribution in [0.2, 0.25) is 0 Å². The van der Waals surface area contributed by atoms with Crippen molar-refractivity contribution in [1.82, 2.24) is 4.90 Å². The molecule has 1 saturated heterocycles. The van der Waals surface area contributed by atoms with Gasteiger partial charge in [0.25, 0.3) is 0 Å². The second-order valence-electron chi connectivity index (χ2n) is 5.36. The topological polar surface area (TPSA) is 36.3 Å². The number of benzene rings is 1. The Bertz CT molecular complexity index is 511. The highest BCUT2D eigenvalue weighted by Gasteiger charge is 2.32. The van der Waals surface area contributed by atoms with E-state index in [4.69, 9.17) is 4.74 Å². The van der Waals surface area contributed by atoms with E-state index in [0.29, 0.717) is 18.7 Å². The summed E-state index contributed by atoms with van der Waals surface area (Å²) in [5.41, 5.74) is -0.126. The molecule has 114 valence electrons. The molecule has 1 heterocycles. The minimum atomic E-state index is -4.36. The molecule has 21 heavy (non-hydrogen) atoms. The van der Waals surface area contributed by atoms with Crippen LogP contribution in [-0.4, -0.2) is 30.2 Å². The molecule has 0 spiro atoms. The second-order valence-corrected chi connectivity index (χ2v) is 5.36. The molecule has 2 rings (SSSR count). The van der Waals surface area contributed by atoms with Crippen LogP contribution in [-0.2, 0) is 10.9 Å². The molecule has 0 aliphatic carbocycles. The molecule has 3 unspecified atom stereocenters. The van der Waals surface area contributed by atoms with Crippen LogP contribution < -0.4 is 0 Å². The van der Waals surface area contributed by atoms with E-state index in [2.05, 4.69) is 6.07 Å². The third-order valence-electron chi connectivity index (χ3n) is 3.49. The summed E-state index contributed by atoms with van der Waals surface area (Å²) in [5.74, 6) is 0. The monoisotopic (exact) mass is 298 g/mol. The van der Waals surface area contributed by atoms with Gasteiger partial charge in [0.2, 0.25) is 0 Å². The third kappa shape index (κ3) is 3.74. The number of alkyl halides is 3. The number of nitrogens with zero attached hydrogens (tertiary/aromatic N) is 2. The van der Waals surface area contributed by atoms with E-state index in [1.165, 1.54) is 12.1 Å². The van der Waals surface area contributed by atoms with E-state index in [-0.39, 0.29) is 12.2 Å². The second kappa shape index (κ2) is 6.04. The van der Waals surface area contributed by atoms with Crippen molar-refractivity contribution in [3.8, 4) is 6.07 Å². The van der Waals surface area contributed by atoms with E-state index in [1.807, 2.05) is 18.7 Å². The van der Waals surface area contributed by atoms with Gasteiger partial charge in [-0.05, 0) is 31.5 Å². The summed E-state index contributed by atoms with van der Waals surface area (Å²) >= 11 is 0. The molecule has 1 aromatic carbocycles. The van der Waals surface area contributed by atoms with Crippen LogP contribution in [0, 0.1) is 11.3 Å². The molecule has 1 aromatic rings. The lowest BCUT2D eigenvalue weighted by Gasteiger charge is -2.37. The lowest BCUT2D eigenvalue weighted by molar-refractivity contribution is -0.137. The van der Waals surface area contributed by atoms with Crippen LogP contribution in [0.25, 0.3) is 0 Å². The van der Waals surface area contributed by atoms with Gasteiger partial charge in [0.15, 0.2) is 0 Å². The van der Waals surface area contributed by atoms with Crippen LogP contribution in [0.1, 0.15) is 31.0 Å². The minimum absolute atomic E-state index is 0.000881. The SMILES string of the molecule is CC1CN(C(C#N)c2ccc(C(F)(F)F)cc2)CC(C)O1. The Morgan fingerprint density at radius 3 is 2.14 bits per heavy atom. The van der Waals surface area contributed by atoms with Gasteiger partial charge in [-0.1, -0.05) is 12.1 Å². The van der Waals surface area contributed by atoms with Gasteiger partial charge in [0.05, 0.1) is 23.8 Å². The molecule has 0 saturated carbocycles. The molecule has 0 N–H and O–H groups in total. The Hall–Kier alpha value is -1.58. The first-order chi connectivity index (χ1) is 9.81. The van der Waals surface area contributed by atoms with Crippen molar-refractivity contribution in [3.05, 3.63) is 35.4 Å². The molecule has 3 atom stereocenters. The number of hydrogen-bond acceptors (Lipinski definition) is 3. The summed E-state index contributed by atoms with van der Waals surface area (Å²) in [6.07, 6.45) is -4.36. The number of nitriles is 1.